The van der Waals surface area contributed by atoms with Gasteiger partial charge in [-0.15, -0.1) is 0 Å². The Hall–Kier alpha value is -2.04. The van der Waals surface area contributed by atoms with E-state index in [0.717, 1.165) is 5.56 Å². The minimum absolute atomic E-state index is 0.247. The Labute approximate surface area is 103 Å². The minimum atomic E-state index is -1.31. The van der Waals surface area contributed by atoms with Gasteiger partial charge in [0.1, 0.15) is 0 Å². The number of para-hydroxylation sites is 1. The van der Waals surface area contributed by atoms with Gasteiger partial charge in [0.25, 0.3) is 5.95 Å². The molecule has 0 saturated carbocycles. The van der Waals surface area contributed by atoms with Crippen LogP contribution in [0, 0.1) is 24.5 Å². The van der Waals surface area contributed by atoms with E-state index in [1.807, 2.05) is 19.1 Å². The van der Waals surface area contributed by atoms with E-state index in [0.29, 0.717) is 11.8 Å². The summed E-state index contributed by atoms with van der Waals surface area (Å²) in [4.78, 5) is 4.68. The molecule has 0 fully saturated rings. The molecular weight excluding hydrogens is 241 g/mol. The Morgan fingerprint density at radius 2 is 1.72 bits per heavy atom. The molecule has 0 aliphatic carbocycles. The van der Waals surface area contributed by atoms with Crippen LogP contribution in [0.1, 0.15) is 5.56 Å². The smallest absolute Gasteiger partial charge is 0.251 e. The monoisotopic (exact) mass is 252 g/mol. The van der Waals surface area contributed by atoms with E-state index < -0.39 is 17.6 Å². The lowest BCUT2D eigenvalue weighted by molar-refractivity contribution is 0.465. The van der Waals surface area contributed by atoms with Crippen molar-refractivity contribution < 1.29 is 13.2 Å². The number of hydrogen-bond donors (Lipinski definition) is 0. The van der Waals surface area contributed by atoms with Crippen LogP contribution in [-0.2, 0) is 0 Å². The molecular formula is C13H11F3N2. The summed E-state index contributed by atoms with van der Waals surface area (Å²) in [6.07, 6.45) is 0. The molecule has 0 spiro atoms. The summed E-state index contributed by atoms with van der Waals surface area (Å²) >= 11 is 0. The van der Waals surface area contributed by atoms with Gasteiger partial charge in [-0.3, -0.25) is 0 Å². The normalized spacial score (nSPS) is 10.5. The molecule has 0 unspecified atom stereocenters. The van der Waals surface area contributed by atoms with Crippen molar-refractivity contribution in [1.82, 2.24) is 4.98 Å². The molecule has 1 aromatic heterocycles. The zero-order valence-corrected chi connectivity index (χ0v) is 9.92. The average Bonchev–Trinajstić information content (AvgIpc) is 2.33. The van der Waals surface area contributed by atoms with Gasteiger partial charge in [0.2, 0.25) is 0 Å². The van der Waals surface area contributed by atoms with E-state index in [1.165, 1.54) is 4.90 Å². The Balaban J connectivity index is 2.50. The summed E-state index contributed by atoms with van der Waals surface area (Å²) in [5.41, 5.74) is 1.56. The maximum Gasteiger partial charge on any atom is 0.251 e. The van der Waals surface area contributed by atoms with Crippen LogP contribution in [0.3, 0.4) is 0 Å². The maximum absolute atomic E-state index is 13.6. The molecule has 0 bridgehead atoms. The van der Waals surface area contributed by atoms with Crippen molar-refractivity contribution in [2.45, 2.75) is 6.92 Å². The van der Waals surface area contributed by atoms with Gasteiger partial charge in [-0.1, -0.05) is 18.2 Å². The predicted molar refractivity (Wildman–Crippen MR) is 63.4 cm³/mol. The van der Waals surface area contributed by atoms with Crippen molar-refractivity contribution in [3.8, 4) is 0 Å². The fourth-order valence-corrected chi connectivity index (χ4v) is 1.72. The van der Waals surface area contributed by atoms with E-state index in [-0.39, 0.29) is 5.82 Å². The highest BCUT2D eigenvalue weighted by Crippen LogP contribution is 2.27. The van der Waals surface area contributed by atoms with E-state index in [1.54, 1.807) is 19.2 Å². The van der Waals surface area contributed by atoms with Gasteiger partial charge in [-0.2, -0.15) is 9.37 Å². The molecule has 0 radical (unpaired) electrons. The lowest BCUT2D eigenvalue weighted by atomic mass is 10.2. The molecule has 0 saturated heterocycles. The number of nitrogens with zero attached hydrogens (tertiary/aromatic N) is 2. The molecule has 94 valence electrons. The molecule has 2 nitrogen and oxygen atoms in total. The van der Waals surface area contributed by atoms with E-state index in [2.05, 4.69) is 4.98 Å². The van der Waals surface area contributed by atoms with Crippen molar-refractivity contribution in [2.75, 3.05) is 11.9 Å². The summed E-state index contributed by atoms with van der Waals surface area (Å²) in [6.45, 7) is 1.84. The van der Waals surface area contributed by atoms with Crippen LogP contribution in [0.4, 0.5) is 24.7 Å². The molecule has 5 heteroatoms. The first kappa shape index (κ1) is 12.4. The summed E-state index contributed by atoms with van der Waals surface area (Å²) in [6, 6.07) is 7.69. The third-order valence-corrected chi connectivity index (χ3v) is 2.66. The first-order valence-corrected chi connectivity index (χ1v) is 5.31. The van der Waals surface area contributed by atoms with Crippen LogP contribution < -0.4 is 4.90 Å². The summed E-state index contributed by atoms with van der Waals surface area (Å²) in [5.74, 6) is -3.76. The van der Waals surface area contributed by atoms with Gasteiger partial charge >= 0.3 is 0 Å². The average molecular weight is 252 g/mol. The predicted octanol–water partition coefficient (Wildman–Crippen LogP) is 3.58. The van der Waals surface area contributed by atoms with Crippen LogP contribution in [0.25, 0.3) is 0 Å². The Bertz CT molecular complexity index is 584. The number of pyridine rings is 1. The summed E-state index contributed by atoms with van der Waals surface area (Å²) in [7, 11) is 1.55. The Kier molecular flexibility index (Phi) is 3.23. The van der Waals surface area contributed by atoms with Crippen molar-refractivity contribution in [3.63, 3.8) is 0 Å². The van der Waals surface area contributed by atoms with Gasteiger partial charge in [-0.05, 0) is 18.6 Å². The summed E-state index contributed by atoms with van der Waals surface area (Å²) < 4.78 is 39.5. The van der Waals surface area contributed by atoms with Gasteiger partial charge in [-0.25, -0.2) is 8.78 Å². The van der Waals surface area contributed by atoms with Crippen LogP contribution in [-0.4, -0.2) is 12.0 Å². The highest BCUT2D eigenvalue weighted by Gasteiger charge is 2.17. The molecule has 0 aliphatic rings. The number of aromatic nitrogens is 1. The summed E-state index contributed by atoms with van der Waals surface area (Å²) in [5, 5.41) is 0. The zero-order valence-electron chi connectivity index (χ0n) is 9.92. The quantitative estimate of drug-likeness (QED) is 0.759. The minimum Gasteiger partial charge on any atom is -0.327 e. The molecule has 18 heavy (non-hydrogen) atoms. The fourth-order valence-electron chi connectivity index (χ4n) is 1.72. The van der Waals surface area contributed by atoms with Gasteiger partial charge in [0.15, 0.2) is 17.5 Å². The highest BCUT2D eigenvalue weighted by atomic mass is 19.2. The lowest BCUT2D eigenvalue weighted by Crippen LogP contribution is -2.15. The molecule has 2 aromatic rings. The molecule has 1 aromatic carbocycles. The lowest BCUT2D eigenvalue weighted by Gasteiger charge is -2.20. The second kappa shape index (κ2) is 4.68. The Morgan fingerprint density at radius 3 is 2.39 bits per heavy atom. The topological polar surface area (TPSA) is 16.1 Å². The first-order valence-electron chi connectivity index (χ1n) is 5.31. The van der Waals surface area contributed by atoms with Crippen LogP contribution in [0.15, 0.2) is 30.3 Å². The number of benzene rings is 1. The van der Waals surface area contributed by atoms with Crippen LogP contribution in [0.2, 0.25) is 0 Å². The van der Waals surface area contributed by atoms with Crippen molar-refractivity contribution in [2.24, 2.45) is 0 Å². The number of hydrogen-bond acceptors (Lipinski definition) is 2. The van der Waals surface area contributed by atoms with E-state index >= 15 is 0 Å². The number of rotatable bonds is 2. The highest BCUT2D eigenvalue weighted by molar-refractivity contribution is 5.63. The van der Waals surface area contributed by atoms with Crippen molar-refractivity contribution >= 4 is 11.5 Å². The third kappa shape index (κ3) is 2.16. The SMILES string of the molecule is Cc1ccccc1N(C)c1nc(F)c(F)cc1F. The maximum atomic E-state index is 13.6. The van der Waals surface area contributed by atoms with Crippen LogP contribution >= 0.6 is 0 Å². The second-order valence-corrected chi connectivity index (χ2v) is 3.91. The molecule has 0 amide bonds. The van der Waals surface area contributed by atoms with Gasteiger partial charge in [0.05, 0.1) is 0 Å². The number of aryl methyl sites for hydroxylation is 1. The van der Waals surface area contributed by atoms with Crippen molar-refractivity contribution in [1.29, 1.82) is 0 Å². The van der Waals surface area contributed by atoms with Crippen molar-refractivity contribution in [3.05, 3.63) is 53.5 Å². The Morgan fingerprint density at radius 1 is 1.06 bits per heavy atom. The third-order valence-electron chi connectivity index (χ3n) is 2.66. The fraction of sp³-hybridized carbons (Fsp3) is 0.154. The number of halogens is 3. The zero-order chi connectivity index (χ0) is 13.3. The first-order chi connectivity index (χ1) is 8.50. The van der Waals surface area contributed by atoms with Gasteiger partial charge < -0.3 is 4.90 Å². The molecule has 2 rings (SSSR count). The molecule has 0 N–H and O–H groups in total. The van der Waals surface area contributed by atoms with Crippen LogP contribution in [0.5, 0.6) is 0 Å². The van der Waals surface area contributed by atoms with E-state index in [4.69, 9.17) is 0 Å². The standard InChI is InChI=1S/C13H11F3N2/c1-8-5-3-4-6-11(8)18(2)13-10(15)7-9(14)12(16)17-13/h3-7H,1-2H3. The molecule has 0 atom stereocenters. The molecule has 0 aliphatic heterocycles. The molecule has 1 heterocycles. The van der Waals surface area contributed by atoms with E-state index in [9.17, 15) is 13.2 Å². The van der Waals surface area contributed by atoms with Gasteiger partial charge in [0, 0.05) is 18.8 Å². The number of anilines is 2. The largest absolute Gasteiger partial charge is 0.327 e. The second-order valence-electron chi connectivity index (χ2n) is 3.91.